The van der Waals surface area contributed by atoms with Crippen molar-refractivity contribution in [3.63, 3.8) is 0 Å². The number of rotatable bonds is 4. The van der Waals surface area contributed by atoms with Crippen LogP contribution in [-0.4, -0.2) is 15.3 Å². The topological polar surface area (TPSA) is 63.5 Å². The number of carbonyl (C=O) groups is 1. The van der Waals surface area contributed by atoms with E-state index in [-0.39, 0.29) is 23.1 Å². The molecule has 7 heteroatoms. The van der Waals surface area contributed by atoms with Crippen LogP contribution < -0.4 is 10.9 Å². The lowest BCUT2D eigenvalue weighted by atomic mass is 9.96. The van der Waals surface area contributed by atoms with Gasteiger partial charge >= 0.3 is 0 Å². The molecule has 0 saturated heterocycles. The van der Waals surface area contributed by atoms with Gasteiger partial charge in [0.25, 0.3) is 11.5 Å². The van der Waals surface area contributed by atoms with E-state index in [1.807, 2.05) is 11.4 Å². The lowest BCUT2D eigenvalue weighted by molar-refractivity contribution is 0.0920. The van der Waals surface area contributed by atoms with Gasteiger partial charge in [-0.15, -0.1) is 22.7 Å². The van der Waals surface area contributed by atoms with Gasteiger partial charge in [0.1, 0.15) is 5.56 Å². The minimum absolute atomic E-state index is 0.0254. The Balaban J connectivity index is 1.64. The van der Waals surface area contributed by atoms with Crippen molar-refractivity contribution in [2.45, 2.75) is 31.7 Å². The van der Waals surface area contributed by atoms with E-state index < -0.39 is 0 Å². The molecule has 3 aromatic heterocycles. The highest BCUT2D eigenvalue weighted by Crippen LogP contribution is 2.37. The first kappa shape index (κ1) is 15.5. The first-order valence-electron chi connectivity index (χ1n) is 8.03. The lowest BCUT2D eigenvalue weighted by Gasteiger charge is -2.23. The molecule has 1 aliphatic rings. The van der Waals surface area contributed by atoms with Gasteiger partial charge in [0.05, 0.1) is 6.04 Å². The number of amides is 1. The fourth-order valence-electron chi connectivity index (χ4n) is 3.38. The van der Waals surface area contributed by atoms with Gasteiger partial charge in [0, 0.05) is 22.7 Å². The fourth-order valence-corrected chi connectivity index (χ4v) is 4.92. The second kappa shape index (κ2) is 6.49. The van der Waals surface area contributed by atoms with Crippen LogP contribution in [0.25, 0.3) is 4.96 Å². The third kappa shape index (κ3) is 2.78. The smallest absolute Gasteiger partial charge is 0.271 e. The Morgan fingerprint density at radius 1 is 1.29 bits per heavy atom. The molecular weight excluding hydrogens is 342 g/mol. The van der Waals surface area contributed by atoms with E-state index in [1.165, 1.54) is 34.8 Å². The zero-order chi connectivity index (χ0) is 16.5. The van der Waals surface area contributed by atoms with Crippen LogP contribution in [0.5, 0.6) is 0 Å². The Hall–Kier alpha value is -1.99. The minimum atomic E-state index is -0.335. The zero-order valence-corrected chi connectivity index (χ0v) is 14.6. The molecule has 4 rings (SSSR count). The van der Waals surface area contributed by atoms with Crippen molar-refractivity contribution in [2.24, 2.45) is 5.92 Å². The number of carbonyl (C=O) groups excluding carboxylic acids is 1. The molecule has 3 aromatic rings. The summed E-state index contributed by atoms with van der Waals surface area (Å²) in [5.41, 5.74) is -0.208. The van der Waals surface area contributed by atoms with Gasteiger partial charge in [-0.25, -0.2) is 4.98 Å². The molecule has 124 valence electrons. The van der Waals surface area contributed by atoms with Crippen molar-refractivity contribution < 1.29 is 4.79 Å². The SMILES string of the molecule is O=C(NC(c1cccs1)C1CCCC1)c1cnc2sccn2c1=O. The Labute approximate surface area is 147 Å². The van der Waals surface area contributed by atoms with E-state index in [2.05, 4.69) is 16.4 Å². The zero-order valence-electron chi connectivity index (χ0n) is 13.0. The lowest BCUT2D eigenvalue weighted by Crippen LogP contribution is -2.36. The predicted octanol–water partition coefficient (Wildman–Crippen LogP) is 3.48. The van der Waals surface area contributed by atoms with Crippen molar-refractivity contribution in [1.29, 1.82) is 0 Å². The molecule has 0 spiro atoms. The number of thiazole rings is 1. The summed E-state index contributed by atoms with van der Waals surface area (Å²) in [6.45, 7) is 0. The molecule has 0 bridgehead atoms. The van der Waals surface area contributed by atoms with Gasteiger partial charge in [-0.05, 0) is 30.2 Å². The average Bonchev–Trinajstić information content (AvgIpc) is 3.34. The summed E-state index contributed by atoms with van der Waals surface area (Å²) >= 11 is 3.03. The third-order valence-corrected chi connectivity index (χ3v) is 6.32. The van der Waals surface area contributed by atoms with Crippen LogP contribution in [0, 0.1) is 5.92 Å². The van der Waals surface area contributed by atoms with E-state index in [9.17, 15) is 9.59 Å². The van der Waals surface area contributed by atoms with Gasteiger partial charge in [-0.1, -0.05) is 18.9 Å². The Morgan fingerprint density at radius 2 is 2.12 bits per heavy atom. The third-order valence-electron chi connectivity index (χ3n) is 4.59. The van der Waals surface area contributed by atoms with Gasteiger partial charge in [0.15, 0.2) is 4.96 Å². The molecule has 1 N–H and O–H groups in total. The van der Waals surface area contributed by atoms with E-state index in [1.54, 1.807) is 22.9 Å². The average molecular weight is 359 g/mol. The molecule has 1 atom stereocenters. The Bertz CT molecular complexity index is 907. The summed E-state index contributed by atoms with van der Waals surface area (Å²) in [7, 11) is 0. The normalized spacial score (nSPS) is 16.5. The first-order chi connectivity index (χ1) is 11.7. The number of nitrogens with one attached hydrogen (secondary N) is 1. The fraction of sp³-hybridized carbons (Fsp3) is 0.353. The molecule has 3 heterocycles. The predicted molar refractivity (Wildman–Crippen MR) is 95.8 cm³/mol. The number of aromatic nitrogens is 2. The summed E-state index contributed by atoms with van der Waals surface area (Å²) in [4.78, 5) is 31.2. The molecule has 24 heavy (non-hydrogen) atoms. The number of hydrogen-bond acceptors (Lipinski definition) is 5. The van der Waals surface area contributed by atoms with Crippen molar-refractivity contribution in [1.82, 2.24) is 14.7 Å². The van der Waals surface area contributed by atoms with E-state index in [0.717, 1.165) is 17.7 Å². The van der Waals surface area contributed by atoms with E-state index in [0.29, 0.717) is 10.9 Å². The second-order valence-corrected chi connectivity index (χ2v) is 7.90. The summed E-state index contributed by atoms with van der Waals surface area (Å²) in [6.07, 6.45) is 7.68. The van der Waals surface area contributed by atoms with Crippen LogP contribution in [0.3, 0.4) is 0 Å². The first-order valence-corrected chi connectivity index (χ1v) is 9.79. The van der Waals surface area contributed by atoms with Gasteiger partial charge < -0.3 is 5.32 Å². The van der Waals surface area contributed by atoms with Crippen LogP contribution in [0.1, 0.15) is 47.0 Å². The van der Waals surface area contributed by atoms with E-state index >= 15 is 0 Å². The highest BCUT2D eigenvalue weighted by atomic mass is 32.1. The van der Waals surface area contributed by atoms with Crippen molar-refractivity contribution in [2.75, 3.05) is 0 Å². The maximum absolute atomic E-state index is 12.7. The van der Waals surface area contributed by atoms with Crippen LogP contribution in [0.4, 0.5) is 0 Å². The minimum Gasteiger partial charge on any atom is -0.344 e. The summed E-state index contributed by atoms with van der Waals surface area (Å²) in [6, 6.07) is 4.03. The highest BCUT2D eigenvalue weighted by molar-refractivity contribution is 7.15. The molecular formula is C17H17N3O2S2. The summed E-state index contributed by atoms with van der Waals surface area (Å²) in [5.74, 6) is 0.103. The molecule has 1 unspecified atom stereocenters. The van der Waals surface area contributed by atoms with Gasteiger partial charge in [0.2, 0.25) is 0 Å². The maximum Gasteiger partial charge on any atom is 0.271 e. The number of fused-ring (bicyclic) bond motifs is 1. The molecule has 1 fully saturated rings. The molecule has 1 saturated carbocycles. The van der Waals surface area contributed by atoms with Crippen LogP contribution in [0.15, 0.2) is 40.1 Å². The van der Waals surface area contributed by atoms with Gasteiger partial charge in [-0.3, -0.25) is 14.0 Å². The molecule has 0 aromatic carbocycles. The van der Waals surface area contributed by atoms with E-state index in [4.69, 9.17) is 0 Å². The maximum atomic E-state index is 12.7. The second-order valence-electron chi connectivity index (χ2n) is 6.04. The van der Waals surface area contributed by atoms with Crippen LogP contribution >= 0.6 is 22.7 Å². The molecule has 1 aliphatic carbocycles. The largest absolute Gasteiger partial charge is 0.344 e. The molecule has 0 aliphatic heterocycles. The quantitative estimate of drug-likeness (QED) is 0.776. The van der Waals surface area contributed by atoms with Crippen LogP contribution in [-0.2, 0) is 0 Å². The van der Waals surface area contributed by atoms with Gasteiger partial charge in [-0.2, -0.15) is 0 Å². The number of hydrogen-bond donors (Lipinski definition) is 1. The molecule has 0 radical (unpaired) electrons. The summed E-state index contributed by atoms with van der Waals surface area (Å²) < 4.78 is 1.43. The van der Waals surface area contributed by atoms with Crippen LogP contribution in [0.2, 0.25) is 0 Å². The molecule has 5 nitrogen and oxygen atoms in total. The Kier molecular flexibility index (Phi) is 4.20. The standard InChI is InChI=1S/C17H17N3O2S2/c21-15(12-10-18-17-20(16(12)22)7-9-24-17)19-14(11-4-1-2-5-11)13-6-3-8-23-13/h3,6-11,14H,1-2,4-5H2,(H,19,21). The molecule has 1 amide bonds. The van der Waals surface area contributed by atoms with Crippen molar-refractivity contribution >= 4 is 33.5 Å². The Morgan fingerprint density at radius 3 is 2.88 bits per heavy atom. The summed E-state index contributed by atoms with van der Waals surface area (Å²) in [5, 5.41) is 6.91. The van der Waals surface area contributed by atoms with Crippen molar-refractivity contribution in [3.8, 4) is 0 Å². The number of nitrogens with zero attached hydrogens (tertiary/aromatic N) is 2. The van der Waals surface area contributed by atoms with Crippen molar-refractivity contribution in [3.05, 3.63) is 56.1 Å². The highest BCUT2D eigenvalue weighted by Gasteiger charge is 2.29. The number of thiophene rings is 1. The monoisotopic (exact) mass is 359 g/mol.